The molecule has 2 saturated heterocycles. The third-order valence-electron chi connectivity index (χ3n) is 5.49. The average Bonchev–Trinajstić information content (AvgIpc) is 2.81. The summed E-state index contributed by atoms with van der Waals surface area (Å²) in [6.45, 7) is 1.02. The molecule has 0 saturated carbocycles. The van der Waals surface area contributed by atoms with Crippen molar-refractivity contribution in [3.63, 3.8) is 0 Å². The van der Waals surface area contributed by atoms with Crippen LogP contribution in [0.1, 0.15) is 36.8 Å². The molecule has 3 heterocycles. The van der Waals surface area contributed by atoms with Crippen LogP contribution in [0, 0.1) is 0 Å². The minimum Gasteiger partial charge on any atom is -0.389 e. The number of hydrogen-bond acceptors (Lipinski definition) is 3. The highest BCUT2D eigenvalue weighted by molar-refractivity contribution is 5.18. The van der Waals surface area contributed by atoms with Crippen molar-refractivity contribution < 1.29 is 5.11 Å². The van der Waals surface area contributed by atoms with Gasteiger partial charge in [-0.25, -0.2) is 0 Å². The number of fused-ring (bicyclic) bond motifs is 2. The molecule has 2 aliphatic rings. The molecule has 0 radical (unpaired) electrons. The number of nitrogens with zero attached hydrogens (tertiary/aromatic N) is 2. The standard InChI is InChI=1S/C20H24N2O/c23-20(12-16-8-10-21-11-9-16)13-18-6-7-19(14-20)22(18)15-17-4-2-1-3-5-17/h1-5,8-11,18-19,23H,6-7,12-15H2. The predicted molar refractivity (Wildman–Crippen MR) is 90.9 cm³/mol. The van der Waals surface area contributed by atoms with Crippen molar-refractivity contribution in [3.05, 3.63) is 66.0 Å². The number of pyridine rings is 1. The Bertz CT molecular complexity index is 629. The molecule has 2 fully saturated rings. The van der Waals surface area contributed by atoms with Gasteiger partial charge in [0.15, 0.2) is 0 Å². The molecule has 3 heteroatoms. The first-order valence-corrected chi connectivity index (χ1v) is 8.63. The molecule has 2 bridgehead atoms. The number of aliphatic hydroxyl groups is 1. The van der Waals surface area contributed by atoms with E-state index in [1.54, 1.807) is 0 Å². The van der Waals surface area contributed by atoms with E-state index in [1.165, 1.54) is 24.0 Å². The van der Waals surface area contributed by atoms with Crippen molar-refractivity contribution >= 4 is 0 Å². The molecular formula is C20H24N2O. The fraction of sp³-hybridized carbons (Fsp3) is 0.450. The second-order valence-corrected chi connectivity index (χ2v) is 7.21. The summed E-state index contributed by atoms with van der Waals surface area (Å²) in [7, 11) is 0. The van der Waals surface area contributed by atoms with Gasteiger partial charge >= 0.3 is 0 Å². The van der Waals surface area contributed by atoms with E-state index in [4.69, 9.17) is 0 Å². The van der Waals surface area contributed by atoms with Crippen LogP contribution in [-0.2, 0) is 13.0 Å². The van der Waals surface area contributed by atoms with Crippen LogP contribution in [0.3, 0.4) is 0 Å². The number of hydrogen-bond donors (Lipinski definition) is 1. The van der Waals surface area contributed by atoms with Gasteiger partial charge < -0.3 is 5.11 Å². The van der Waals surface area contributed by atoms with Crippen LogP contribution in [0.5, 0.6) is 0 Å². The van der Waals surface area contributed by atoms with Gasteiger partial charge in [-0.2, -0.15) is 0 Å². The minimum absolute atomic E-state index is 0.515. The van der Waals surface area contributed by atoms with E-state index in [0.717, 1.165) is 25.8 Å². The highest BCUT2D eigenvalue weighted by Gasteiger charge is 2.47. The van der Waals surface area contributed by atoms with Crippen LogP contribution >= 0.6 is 0 Å². The van der Waals surface area contributed by atoms with Gasteiger partial charge in [-0.15, -0.1) is 0 Å². The van der Waals surface area contributed by atoms with Gasteiger partial charge in [-0.3, -0.25) is 9.88 Å². The maximum Gasteiger partial charge on any atom is 0.0717 e. The van der Waals surface area contributed by atoms with Gasteiger partial charge in [0.2, 0.25) is 0 Å². The van der Waals surface area contributed by atoms with Gasteiger partial charge in [-0.1, -0.05) is 30.3 Å². The molecule has 1 N–H and O–H groups in total. The van der Waals surface area contributed by atoms with Crippen LogP contribution < -0.4 is 0 Å². The third-order valence-corrected chi connectivity index (χ3v) is 5.49. The summed E-state index contributed by atoms with van der Waals surface area (Å²) in [6.07, 6.45) is 8.60. The summed E-state index contributed by atoms with van der Waals surface area (Å²) in [5.41, 5.74) is 2.02. The Kier molecular flexibility index (Phi) is 3.92. The lowest BCUT2D eigenvalue weighted by molar-refractivity contribution is -0.0540. The number of piperidine rings is 1. The van der Waals surface area contributed by atoms with Gasteiger partial charge in [-0.05, 0) is 48.9 Å². The second kappa shape index (κ2) is 6.06. The third kappa shape index (κ3) is 3.17. The molecule has 2 atom stereocenters. The van der Waals surface area contributed by atoms with E-state index in [0.29, 0.717) is 12.1 Å². The van der Waals surface area contributed by atoms with Gasteiger partial charge in [0.1, 0.15) is 0 Å². The zero-order valence-corrected chi connectivity index (χ0v) is 13.4. The topological polar surface area (TPSA) is 36.4 Å². The first kappa shape index (κ1) is 14.9. The van der Waals surface area contributed by atoms with Crippen LogP contribution in [0.2, 0.25) is 0 Å². The summed E-state index contributed by atoms with van der Waals surface area (Å²) in [4.78, 5) is 6.69. The van der Waals surface area contributed by atoms with Crippen molar-refractivity contribution in [1.82, 2.24) is 9.88 Å². The summed E-state index contributed by atoms with van der Waals surface area (Å²) in [5.74, 6) is 0. The predicted octanol–water partition coefficient (Wildman–Crippen LogP) is 3.18. The van der Waals surface area contributed by atoms with E-state index in [2.05, 4.69) is 40.2 Å². The maximum atomic E-state index is 11.1. The lowest BCUT2D eigenvalue weighted by atomic mass is 9.81. The van der Waals surface area contributed by atoms with E-state index in [9.17, 15) is 5.11 Å². The number of rotatable bonds is 4. The molecule has 2 unspecified atom stereocenters. The zero-order chi connectivity index (χ0) is 15.7. The number of aromatic nitrogens is 1. The molecule has 1 aromatic heterocycles. The summed E-state index contributed by atoms with van der Waals surface area (Å²) < 4.78 is 0. The van der Waals surface area contributed by atoms with E-state index in [-0.39, 0.29) is 0 Å². The molecule has 0 aliphatic carbocycles. The molecule has 0 spiro atoms. The second-order valence-electron chi connectivity index (χ2n) is 7.21. The van der Waals surface area contributed by atoms with Gasteiger partial charge in [0.05, 0.1) is 5.60 Å². The molecule has 4 rings (SSSR count). The molecule has 1 aromatic carbocycles. The molecule has 2 aliphatic heterocycles. The Labute approximate surface area is 138 Å². The molecule has 2 aromatic rings. The average molecular weight is 308 g/mol. The largest absolute Gasteiger partial charge is 0.389 e. The first-order chi connectivity index (χ1) is 11.2. The lowest BCUT2D eigenvalue weighted by Gasteiger charge is -2.44. The fourth-order valence-electron chi connectivity index (χ4n) is 4.49. The van der Waals surface area contributed by atoms with E-state index < -0.39 is 5.60 Å². The van der Waals surface area contributed by atoms with Crippen molar-refractivity contribution in [2.24, 2.45) is 0 Å². The summed E-state index contributed by atoms with van der Waals surface area (Å²) in [5, 5.41) is 11.1. The fourth-order valence-corrected chi connectivity index (χ4v) is 4.49. The van der Waals surface area contributed by atoms with Crippen molar-refractivity contribution in [2.75, 3.05) is 0 Å². The highest BCUT2D eigenvalue weighted by Crippen LogP contribution is 2.42. The van der Waals surface area contributed by atoms with E-state index >= 15 is 0 Å². The highest BCUT2D eigenvalue weighted by atomic mass is 16.3. The first-order valence-electron chi connectivity index (χ1n) is 8.63. The van der Waals surface area contributed by atoms with E-state index in [1.807, 2.05) is 24.5 Å². The normalized spacial score (nSPS) is 30.5. The van der Waals surface area contributed by atoms with Crippen molar-refractivity contribution in [1.29, 1.82) is 0 Å². The number of benzene rings is 1. The van der Waals surface area contributed by atoms with Crippen LogP contribution in [0.15, 0.2) is 54.9 Å². The van der Waals surface area contributed by atoms with Gasteiger partial charge in [0.25, 0.3) is 0 Å². The monoisotopic (exact) mass is 308 g/mol. The van der Waals surface area contributed by atoms with Crippen LogP contribution in [0.25, 0.3) is 0 Å². The maximum absolute atomic E-state index is 11.1. The quantitative estimate of drug-likeness (QED) is 0.942. The minimum atomic E-state index is -0.555. The van der Waals surface area contributed by atoms with Crippen LogP contribution in [-0.4, -0.2) is 32.7 Å². The lowest BCUT2D eigenvalue weighted by Crippen LogP contribution is -2.51. The Morgan fingerprint density at radius 2 is 1.61 bits per heavy atom. The van der Waals surface area contributed by atoms with Crippen LogP contribution in [0.4, 0.5) is 0 Å². The Balaban J connectivity index is 1.47. The molecule has 3 nitrogen and oxygen atoms in total. The molecule has 23 heavy (non-hydrogen) atoms. The molecule has 120 valence electrons. The SMILES string of the molecule is OC1(Cc2ccncc2)CC2CCC(C1)N2Cc1ccccc1. The smallest absolute Gasteiger partial charge is 0.0717 e. The van der Waals surface area contributed by atoms with Gasteiger partial charge in [0, 0.05) is 37.4 Å². The van der Waals surface area contributed by atoms with Crippen molar-refractivity contribution in [3.8, 4) is 0 Å². The summed E-state index contributed by atoms with van der Waals surface area (Å²) >= 11 is 0. The Morgan fingerprint density at radius 1 is 0.957 bits per heavy atom. The zero-order valence-electron chi connectivity index (χ0n) is 13.4. The Morgan fingerprint density at radius 3 is 2.26 bits per heavy atom. The summed E-state index contributed by atoms with van der Waals surface area (Å²) in [6, 6.07) is 15.8. The Hall–Kier alpha value is -1.71. The van der Waals surface area contributed by atoms with Crippen molar-refractivity contribution in [2.45, 2.75) is 56.3 Å². The molecular weight excluding hydrogens is 284 g/mol. The molecule has 0 amide bonds.